The Morgan fingerprint density at radius 2 is 2.27 bits per heavy atom. The molecule has 0 aromatic heterocycles. The monoisotopic (exact) mass is 225 g/mol. The van der Waals surface area contributed by atoms with E-state index in [0.29, 0.717) is 17.2 Å². The van der Waals surface area contributed by atoms with Crippen LogP contribution >= 0.6 is 11.8 Å². The minimum atomic E-state index is -0.705. The van der Waals surface area contributed by atoms with Gasteiger partial charge in [-0.25, -0.2) is 0 Å². The van der Waals surface area contributed by atoms with Crippen LogP contribution in [0.25, 0.3) is 0 Å². The van der Waals surface area contributed by atoms with E-state index in [1.807, 2.05) is 0 Å². The number of allylic oxidation sites excluding steroid dienone is 2. The average molecular weight is 225 g/mol. The van der Waals surface area contributed by atoms with Gasteiger partial charge >= 0.3 is 5.97 Å². The Morgan fingerprint density at radius 3 is 2.80 bits per heavy atom. The third-order valence-corrected chi connectivity index (χ3v) is 5.20. The lowest BCUT2D eigenvalue weighted by Crippen LogP contribution is -2.40. The molecule has 3 aliphatic rings. The molecule has 1 saturated carbocycles. The van der Waals surface area contributed by atoms with Crippen molar-refractivity contribution in [3.63, 3.8) is 0 Å². The normalized spacial score (nSPS) is 47.6. The van der Waals surface area contributed by atoms with E-state index in [0.717, 1.165) is 11.7 Å². The Balaban J connectivity index is 1.65. The summed E-state index contributed by atoms with van der Waals surface area (Å²) in [6.45, 7) is 0. The van der Waals surface area contributed by atoms with Gasteiger partial charge in [0, 0.05) is 5.75 Å². The molecule has 1 saturated heterocycles. The maximum atomic E-state index is 10.8. The Morgan fingerprint density at radius 1 is 1.40 bits per heavy atom. The first-order chi connectivity index (χ1) is 7.24. The fourth-order valence-corrected chi connectivity index (χ4v) is 4.51. The van der Waals surface area contributed by atoms with Crippen LogP contribution in [0.1, 0.15) is 12.8 Å². The summed E-state index contributed by atoms with van der Waals surface area (Å²) in [6, 6.07) is -0.330. The smallest absolute Gasteiger partial charge is 0.321 e. The van der Waals surface area contributed by atoms with E-state index >= 15 is 0 Å². The van der Waals surface area contributed by atoms with E-state index in [9.17, 15) is 4.79 Å². The van der Waals surface area contributed by atoms with Crippen molar-refractivity contribution < 1.29 is 9.90 Å². The van der Waals surface area contributed by atoms with Crippen molar-refractivity contribution in [2.75, 3.05) is 5.75 Å². The molecule has 0 aromatic rings. The van der Waals surface area contributed by atoms with Gasteiger partial charge in [0.05, 0.1) is 5.37 Å². The van der Waals surface area contributed by atoms with Crippen molar-refractivity contribution >= 4 is 17.7 Å². The van der Waals surface area contributed by atoms with Gasteiger partial charge in [0.1, 0.15) is 6.04 Å². The van der Waals surface area contributed by atoms with Gasteiger partial charge in [0.2, 0.25) is 0 Å². The molecular weight excluding hydrogens is 210 g/mol. The molecule has 5 unspecified atom stereocenters. The number of rotatable bonds is 2. The first kappa shape index (κ1) is 9.73. The molecule has 1 heterocycles. The van der Waals surface area contributed by atoms with Gasteiger partial charge in [-0.1, -0.05) is 12.2 Å². The number of hydrogen-bond acceptors (Lipinski definition) is 3. The second-order valence-corrected chi connectivity index (χ2v) is 5.93. The summed E-state index contributed by atoms with van der Waals surface area (Å²) in [5.74, 6) is 2.15. The lowest BCUT2D eigenvalue weighted by Gasteiger charge is -2.24. The van der Waals surface area contributed by atoms with E-state index in [2.05, 4.69) is 17.5 Å². The van der Waals surface area contributed by atoms with Gasteiger partial charge in [0.25, 0.3) is 0 Å². The molecule has 2 fully saturated rings. The van der Waals surface area contributed by atoms with Crippen LogP contribution in [0.5, 0.6) is 0 Å². The predicted molar refractivity (Wildman–Crippen MR) is 59.6 cm³/mol. The summed E-state index contributed by atoms with van der Waals surface area (Å²) < 4.78 is 0. The molecule has 2 bridgehead atoms. The molecule has 2 N–H and O–H groups in total. The number of aliphatic carboxylic acids is 1. The molecule has 15 heavy (non-hydrogen) atoms. The van der Waals surface area contributed by atoms with Crippen molar-refractivity contribution in [2.24, 2.45) is 17.8 Å². The second kappa shape index (κ2) is 3.52. The van der Waals surface area contributed by atoms with Crippen molar-refractivity contribution in [3.8, 4) is 0 Å². The SMILES string of the molecule is O=C(O)C1CSC(C2CC3C=CC2C3)N1. The minimum absolute atomic E-state index is 0.330. The largest absolute Gasteiger partial charge is 0.480 e. The maximum absolute atomic E-state index is 10.8. The van der Waals surface area contributed by atoms with Crippen LogP contribution in [0, 0.1) is 17.8 Å². The van der Waals surface area contributed by atoms with E-state index in [4.69, 9.17) is 5.11 Å². The summed E-state index contributed by atoms with van der Waals surface area (Å²) in [7, 11) is 0. The van der Waals surface area contributed by atoms with Gasteiger partial charge < -0.3 is 5.11 Å². The average Bonchev–Trinajstić information content (AvgIpc) is 2.93. The van der Waals surface area contributed by atoms with Crippen LogP contribution in [0.4, 0.5) is 0 Å². The Bertz CT molecular complexity index is 318. The van der Waals surface area contributed by atoms with Crippen LogP contribution in [0.3, 0.4) is 0 Å². The van der Waals surface area contributed by atoms with Crippen LogP contribution in [-0.2, 0) is 4.79 Å². The molecule has 82 valence electrons. The summed E-state index contributed by atoms with van der Waals surface area (Å²) in [4.78, 5) is 10.8. The number of fused-ring (bicyclic) bond motifs is 2. The fraction of sp³-hybridized carbons (Fsp3) is 0.727. The molecule has 3 rings (SSSR count). The Kier molecular flexibility index (Phi) is 2.29. The van der Waals surface area contributed by atoms with E-state index < -0.39 is 5.97 Å². The van der Waals surface area contributed by atoms with Crippen LogP contribution in [0.15, 0.2) is 12.2 Å². The van der Waals surface area contributed by atoms with Crippen molar-refractivity contribution in [2.45, 2.75) is 24.3 Å². The molecular formula is C11H15NO2S. The van der Waals surface area contributed by atoms with Gasteiger partial charge in [0.15, 0.2) is 0 Å². The van der Waals surface area contributed by atoms with Gasteiger partial charge in [-0.05, 0) is 30.6 Å². The van der Waals surface area contributed by atoms with Gasteiger partial charge in [-0.3, -0.25) is 10.1 Å². The Labute approximate surface area is 93.3 Å². The fourth-order valence-electron chi connectivity index (χ4n) is 3.06. The molecule has 1 aliphatic heterocycles. The van der Waals surface area contributed by atoms with Crippen molar-refractivity contribution in [3.05, 3.63) is 12.2 Å². The van der Waals surface area contributed by atoms with Gasteiger partial charge in [-0.15, -0.1) is 11.8 Å². The summed E-state index contributed by atoms with van der Waals surface area (Å²) in [5, 5.41) is 12.5. The molecule has 0 radical (unpaired) electrons. The highest BCUT2D eigenvalue weighted by Crippen LogP contribution is 2.47. The maximum Gasteiger partial charge on any atom is 0.321 e. The predicted octanol–water partition coefficient (Wildman–Crippen LogP) is 1.31. The van der Waals surface area contributed by atoms with Gasteiger partial charge in [-0.2, -0.15) is 0 Å². The number of nitrogens with one attached hydrogen (secondary N) is 1. The van der Waals surface area contributed by atoms with Crippen LogP contribution < -0.4 is 5.32 Å². The summed E-state index contributed by atoms with van der Waals surface area (Å²) in [5.41, 5.74) is 0. The molecule has 3 nitrogen and oxygen atoms in total. The van der Waals surface area contributed by atoms with Crippen molar-refractivity contribution in [1.29, 1.82) is 0 Å². The zero-order valence-corrected chi connectivity index (χ0v) is 9.24. The highest BCUT2D eigenvalue weighted by Gasteiger charge is 2.43. The molecule has 5 atom stereocenters. The minimum Gasteiger partial charge on any atom is -0.480 e. The number of thioether (sulfide) groups is 1. The molecule has 2 aliphatic carbocycles. The van der Waals surface area contributed by atoms with E-state index in [-0.39, 0.29) is 6.04 Å². The second-order valence-electron chi connectivity index (χ2n) is 4.76. The number of carboxylic acids is 1. The first-order valence-corrected chi connectivity index (χ1v) is 6.57. The topological polar surface area (TPSA) is 49.3 Å². The Hall–Kier alpha value is -0.480. The number of hydrogen-bond donors (Lipinski definition) is 2. The first-order valence-electron chi connectivity index (χ1n) is 5.53. The van der Waals surface area contributed by atoms with Crippen molar-refractivity contribution in [1.82, 2.24) is 5.32 Å². The summed E-state index contributed by atoms with van der Waals surface area (Å²) >= 11 is 1.79. The standard InChI is InChI=1S/C11H15NO2S/c13-11(14)9-5-15-10(12-9)8-4-6-1-2-7(8)3-6/h1-2,6-10,12H,3-5H2,(H,13,14). The number of carbonyl (C=O) groups is 1. The lowest BCUT2D eigenvalue weighted by atomic mass is 9.93. The van der Waals surface area contributed by atoms with E-state index in [1.165, 1.54) is 12.8 Å². The third kappa shape index (κ3) is 1.60. The number of carboxylic acid groups (broad SMARTS) is 1. The zero-order valence-electron chi connectivity index (χ0n) is 8.43. The van der Waals surface area contributed by atoms with Crippen LogP contribution in [0.2, 0.25) is 0 Å². The highest BCUT2D eigenvalue weighted by molar-refractivity contribution is 8.00. The zero-order chi connectivity index (χ0) is 10.4. The third-order valence-electron chi connectivity index (χ3n) is 3.83. The quantitative estimate of drug-likeness (QED) is 0.696. The van der Waals surface area contributed by atoms with E-state index in [1.54, 1.807) is 11.8 Å². The highest BCUT2D eigenvalue weighted by atomic mass is 32.2. The molecule has 0 aromatic carbocycles. The molecule has 4 heteroatoms. The van der Waals surface area contributed by atoms with Crippen LogP contribution in [-0.4, -0.2) is 28.2 Å². The molecule has 0 spiro atoms. The summed E-state index contributed by atoms with van der Waals surface area (Å²) in [6.07, 6.45) is 7.20. The lowest BCUT2D eigenvalue weighted by molar-refractivity contribution is -0.138. The molecule has 0 amide bonds.